The van der Waals surface area contributed by atoms with E-state index in [9.17, 15) is 9.18 Å². The number of rotatable bonds is 5. The minimum atomic E-state index is -0.441. The second-order valence-corrected chi connectivity index (χ2v) is 9.45. The SMILES string of the molecule is COC1CCC2(c3n[nH]c(C)c3NC(=O)c3nc(-c4ccccc4F)sc3N)CCC1N2. The molecule has 168 valence electrons. The first-order valence-electron chi connectivity index (χ1n) is 10.6. The molecule has 10 heteroatoms. The molecule has 4 heterocycles. The quantitative estimate of drug-likeness (QED) is 0.466. The summed E-state index contributed by atoms with van der Waals surface area (Å²) in [4.78, 5) is 17.5. The highest BCUT2D eigenvalue weighted by atomic mass is 32.1. The lowest BCUT2D eigenvalue weighted by atomic mass is 9.85. The summed E-state index contributed by atoms with van der Waals surface area (Å²) in [5.74, 6) is -0.850. The molecule has 0 aliphatic carbocycles. The zero-order valence-electron chi connectivity index (χ0n) is 17.9. The van der Waals surface area contributed by atoms with Gasteiger partial charge in [0.1, 0.15) is 21.5 Å². The van der Waals surface area contributed by atoms with Gasteiger partial charge in [0.25, 0.3) is 5.91 Å². The third-order valence-corrected chi connectivity index (χ3v) is 7.48. The number of nitrogens with zero attached hydrogens (tertiary/aromatic N) is 2. The summed E-state index contributed by atoms with van der Waals surface area (Å²) in [6.07, 6.45) is 3.89. The van der Waals surface area contributed by atoms with E-state index in [0.29, 0.717) is 16.3 Å². The van der Waals surface area contributed by atoms with Crippen LogP contribution >= 0.6 is 11.3 Å². The zero-order chi connectivity index (χ0) is 22.5. The minimum absolute atomic E-state index is 0.0812. The third kappa shape index (κ3) is 3.39. The molecule has 5 N–H and O–H groups in total. The fourth-order valence-corrected chi connectivity index (χ4v) is 5.76. The maximum absolute atomic E-state index is 14.2. The number of ether oxygens (including phenoxy) is 1. The highest BCUT2D eigenvalue weighted by Crippen LogP contribution is 2.46. The molecule has 2 fully saturated rings. The van der Waals surface area contributed by atoms with Crippen molar-refractivity contribution in [3.05, 3.63) is 47.2 Å². The fraction of sp³-hybridized carbons (Fsp3) is 0.409. The Bertz CT molecular complexity index is 1180. The van der Waals surface area contributed by atoms with Crippen molar-refractivity contribution >= 4 is 27.9 Å². The number of H-pyrrole nitrogens is 1. The molecule has 0 spiro atoms. The van der Waals surface area contributed by atoms with Gasteiger partial charge in [0.05, 0.1) is 23.0 Å². The lowest BCUT2D eigenvalue weighted by Crippen LogP contribution is -2.51. The Morgan fingerprint density at radius 2 is 2.12 bits per heavy atom. The summed E-state index contributed by atoms with van der Waals surface area (Å²) in [5.41, 5.74) is 8.37. The highest BCUT2D eigenvalue weighted by molar-refractivity contribution is 7.19. The van der Waals surface area contributed by atoms with E-state index in [4.69, 9.17) is 10.5 Å². The molecule has 2 aromatic heterocycles. The first-order valence-corrected chi connectivity index (χ1v) is 11.4. The van der Waals surface area contributed by atoms with Gasteiger partial charge in [-0.2, -0.15) is 5.10 Å². The molecule has 3 unspecified atom stereocenters. The van der Waals surface area contributed by atoms with Crippen LogP contribution in [0.5, 0.6) is 0 Å². The standard InChI is InChI=1S/C22H25FN6O2S/c1-11-16(18(29-28-11)22-9-7-14(27-22)15(31-2)8-10-22)25-20(30)17-19(24)32-21(26-17)12-5-3-4-6-13(12)23/h3-6,14-15,27H,7-10,24H2,1-2H3,(H,25,30)(H,28,29). The molecular weight excluding hydrogens is 431 g/mol. The molecule has 2 aliphatic heterocycles. The summed E-state index contributed by atoms with van der Waals surface area (Å²) < 4.78 is 19.8. The van der Waals surface area contributed by atoms with Gasteiger partial charge >= 0.3 is 0 Å². The number of thiazole rings is 1. The van der Waals surface area contributed by atoms with Crippen LogP contribution in [0, 0.1) is 12.7 Å². The molecule has 3 aromatic rings. The number of aryl methyl sites for hydroxylation is 1. The van der Waals surface area contributed by atoms with Crippen molar-refractivity contribution < 1.29 is 13.9 Å². The van der Waals surface area contributed by atoms with E-state index in [-0.39, 0.29) is 28.4 Å². The van der Waals surface area contributed by atoms with Crippen molar-refractivity contribution in [1.82, 2.24) is 20.5 Å². The van der Waals surface area contributed by atoms with Crippen molar-refractivity contribution in [2.45, 2.75) is 50.3 Å². The number of hydrogen-bond donors (Lipinski definition) is 4. The summed E-state index contributed by atoms with van der Waals surface area (Å²) in [6, 6.07) is 6.56. The van der Waals surface area contributed by atoms with Crippen LogP contribution in [0.25, 0.3) is 10.6 Å². The van der Waals surface area contributed by atoms with Gasteiger partial charge in [-0.15, -0.1) is 0 Å². The molecular formula is C22H25FN6O2S. The van der Waals surface area contributed by atoms with Gasteiger partial charge in [-0.25, -0.2) is 9.37 Å². The maximum atomic E-state index is 14.2. The Kier molecular flexibility index (Phi) is 5.23. The average molecular weight is 457 g/mol. The van der Waals surface area contributed by atoms with Gasteiger partial charge in [0, 0.05) is 18.7 Å². The number of halogens is 1. The summed E-state index contributed by atoms with van der Waals surface area (Å²) in [5, 5.41) is 14.8. The summed E-state index contributed by atoms with van der Waals surface area (Å²) in [7, 11) is 1.75. The number of nitrogens with two attached hydrogens (primary N) is 1. The molecule has 2 saturated heterocycles. The van der Waals surface area contributed by atoms with E-state index >= 15 is 0 Å². The molecule has 1 amide bonds. The molecule has 0 saturated carbocycles. The lowest BCUT2D eigenvalue weighted by Gasteiger charge is -2.37. The van der Waals surface area contributed by atoms with Gasteiger partial charge < -0.3 is 21.1 Å². The van der Waals surface area contributed by atoms with Gasteiger partial charge in [-0.05, 0) is 44.7 Å². The van der Waals surface area contributed by atoms with Crippen molar-refractivity contribution in [3.8, 4) is 10.6 Å². The normalized spacial score (nSPS) is 24.6. The van der Waals surface area contributed by atoms with Crippen LogP contribution in [0.2, 0.25) is 0 Å². The Morgan fingerprint density at radius 1 is 1.34 bits per heavy atom. The molecule has 3 atom stereocenters. The number of anilines is 2. The van der Waals surface area contributed by atoms with Crippen LogP contribution in [0.4, 0.5) is 15.1 Å². The number of piperidine rings is 1. The van der Waals surface area contributed by atoms with E-state index in [0.717, 1.165) is 48.4 Å². The summed E-state index contributed by atoms with van der Waals surface area (Å²) in [6.45, 7) is 1.87. The van der Waals surface area contributed by atoms with Crippen molar-refractivity contribution in [1.29, 1.82) is 0 Å². The molecule has 0 radical (unpaired) electrons. The Hall–Kier alpha value is -2.82. The average Bonchev–Trinajstić information content (AvgIpc) is 3.45. The Morgan fingerprint density at radius 3 is 2.91 bits per heavy atom. The molecule has 5 rings (SSSR count). The van der Waals surface area contributed by atoms with Crippen molar-refractivity contribution in [3.63, 3.8) is 0 Å². The third-order valence-electron chi connectivity index (χ3n) is 6.56. The van der Waals surface area contributed by atoms with Crippen molar-refractivity contribution in [2.75, 3.05) is 18.2 Å². The van der Waals surface area contributed by atoms with E-state index in [2.05, 4.69) is 25.8 Å². The number of methoxy groups -OCH3 is 1. The van der Waals surface area contributed by atoms with E-state index in [1.54, 1.807) is 25.3 Å². The Balaban J connectivity index is 1.42. The molecule has 2 bridgehead atoms. The van der Waals surface area contributed by atoms with Gasteiger partial charge in [-0.1, -0.05) is 23.5 Å². The molecule has 2 aliphatic rings. The number of nitrogen functional groups attached to an aromatic ring is 1. The smallest absolute Gasteiger partial charge is 0.277 e. The monoisotopic (exact) mass is 456 g/mol. The van der Waals surface area contributed by atoms with Crippen LogP contribution in [0.1, 0.15) is 47.6 Å². The predicted octanol–water partition coefficient (Wildman–Crippen LogP) is 3.57. The minimum Gasteiger partial charge on any atom is -0.389 e. The number of benzene rings is 1. The van der Waals surface area contributed by atoms with Crippen LogP contribution in [-0.4, -0.2) is 40.3 Å². The predicted molar refractivity (Wildman–Crippen MR) is 121 cm³/mol. The number of fused-ring (bicyclic) bond motifs is 2. The largest absolute Gasteiger partial charge is 0.389 e. The van der Waals surface area contributed by atoms with Crippen molar-refractivity contribution in [2.24, 2.45) is 0 Å². The summed E-state index contributed by atoms with van der Waals surface area (Å²) >= 11 is 1.09. The van der Waals surface area contributed by atoms with Gasteiger partial charge in [0.15, 0.2) is 5.69 Å². The second-order valence-electron chi connectivity index (χ2n) is 8.42. The first-order chi connectivity index (χ1) is 15.4. The van der Waals surface area contributed by atoms with E-state index in [1.165, 1.54) is 6.07 Å². The van der Waals surface area contributed by atoms with Crippen LogP contribution in [0.15, 0.2) is 24.3 Å². The number of carbonyl (C=O) groups is 1. The second kappa shape index (κ2) is 7.95. The molecule has 8 nitrogen and oxygen atoms in total. The van der Waals surface area contributed by atoms with Crippen LogP contribution in [0.3, 0.4) is 0 Å². The molecule has 1 aromatic carbocycles. The Labute approximate surface area is 188 Å². The lowest BCUT2D eigenvalue weighted by molar-refractivity contribution is 0.0358. The number of nitrogens with one attached hydrogen (secondary N) is 3. The highest BCUT2D eigenvalue weighted by Gasteiger charge is 2.49. The number of carbonyl (C=O) groups excluding carboxylic acids is 1. The number of amides is 1. The zero-order valence-corrected chi connectivity index (χ0v) is 18.7. The topological polar surface area (TPSA) is 118 Å². The number of aromatic nitrogens is 3. The van der Waals surface area contributed by atoms with E-state index in [1.807, 2.05) is 6.92 Å². The van der Waals surface area contributed by atoms with Gasteiger partial charge in [0.2, 0.25) is 0 Å². The maximum Gasteiger partial charge on any atom is 0.277 e. The number of aromatic amines is 1. The first kappa shape index (κ1) is 21.0. The number of hydrogen-bond acceptors (Lipinski definition) is 7. The fourth-order valence-electron chi connectivity index (χ4n) is 4.90. The van der Waals surface area contributed by atoms with Crippen LogP contribution < -0.4 is 16.4 Å². The van der Waals surface area contributed by atoms with E-state index < -0.39 is 11.7 Å². The van der Waals surface area contributed by atoms with Crippen LogP contribution in [-0.2, 0) is 10.3 Å². The van der Waals surface area contributed by atoms with Gasteiger partial charge in [-0.3, -0.25) is 9.89 Å². The molecule has 32 heavy (non-hydrogen) atoms.